The fraction of sp³-hybridized carbons (Fsp3) is 0.412. The van der Waals surface area contributed by atoms with Crippen molar-refractivity contribution in [3.05, 3.63) is 52.2 Å². The fourth-order valence-electron chi connectivity index (χ4n) is 2.36. The lowest BCUT2D eigenvalue weighted by atomic mass is 10.0. The first kappa shape index (κ1) is 15.1. The predicted octanol–water partition coefficient (Wildman–Crippen LogP) is 4.43. The molecule has 3 heteroatoms. The minimum absolute atomic E-state index is 0.391. The maximum absolute atomic E-state index is 5.60. The van der Waals surface area contributed by atoms with Gasteiger partial charge in [-0.25, -0.2) is 0 Å². The molecule has 1 aromatic heterocycles. The molecule has 0 aliphatic carbocycles. The van der Waals surface area contributed by atoms with Gasteiger partial charge in [-0.1, -0.05) is 25.1 Å². The molecule has 0 amide bonds. The SMILES string of the molecule is CCNC(CCc1cccs1)c1cccc(OCC)c1. The number of ether oxygens (including phenoxy) is 1. The summed E-state index contributed by atoms with van der Waals surface area (Å²) >= 11 is 1.84. The molecule has 1 atom stereocenters. The third kappa shape index (κ3) is 4.36. The standard InChI is InChI=1S/C17H23NOS/c1-3-18-17(11-10-16-9-6-12-20-16)14-7-5-8-15(13-14)19-4-2/h5-9,12-13,17-18H,3-4,10-11H2,1-2H3. The third-order valence-corrected chi connectivity index (χ3v) is 4.22. The molecule has 2 aromatic rings. The van der Waals surface area contributed by atoms with Crippen molar-refractivity contribution < 1.29 is 4.74 Å². The molecule has 0 saturated heterocycles. The molecule has 0 fully saturated rings. The van der Waals surface area contributed by atoms with E-state index in [0.717, 1.165) is 25.1 Å². The normalized spacial score (nSPS) is 12.3. The lowest BCUT2D eigenvalue weighted by molar-refractivity contribution is 0.339. The summed E-state index contributed by atoms with van der Waals surface area (Å²) in [5.74, 6) is 0.962. The highest BCUT2D eigenvalue weighted by atomic mass is 32.1. The Hall–Kier alpha value is -1.32. The van der Waals surface area contributed by atoms with Crippen molar-refractivity contribution in [2.45, 2.75) is 32.7 Å². The topological polar surface area (TPSA) is 21.3 Å². The predicted molar refractivity (Wildman–Crippen MR) is 86.7 cm³/mol. The maximum atomic E-state index is 5.60. The van der Waals surface area contributed by atoms with Gasteiger partial charge in [-0.05, 0) is 55.5 Å². The second kappa shape index (κ2) is 8.08. The molecule has 2 rings (SSSR count). The van der Waals surface area contributed by atoms with E-state index >= 15 is 0 Å². The van der Waals surface area contributed by atoms with Gasteiger partial charge in [0.15, 0.2) is 0 Å². The van der Waals surface area contributed by atoms with Gasteiger partial charge in [-0.15, -0.1) is 11.3 Å². The Balaban J connectivity index is 2.04. The largest absolute Gasteiger partial charge is 0.494 e. The molecule has 0 aliphatic heterocycles. The van der Waals surface area contributed by atoms with Gasteiger partial charge in [-0.2, -0.15) is 0 Å². The zero-order valence-corrected chi connectivity index (χ0v) is 13.1. The van der Waals surface area contributed by atoms with Gasteiger partial charge in [0.05, 0.1) is 6.61 Å². The smallest absolute Gasteiger partial charge is 0.119 e. The van der Waals surface area contributed by atoms with E-state index < -0.39 is 0 Å². The average molecular weight is 289 g/mol. The van der Waals surface area contributed by atoms with Crippen LogP contribution in [-0.2, 0) is 6.42 Å². The molecule has 1 unspecified atom stereocenters. The quantitative estimate of drug-likeness (QED) is 0.776. The Labute approximate surface area is 125 Å². The molecule has 0 spiro atoms. The zero-order chi connectivity index (χ0) is 14.2. The minimum atomic E-state index is 0.391. The third-order valence-electron chi connectivity index (χ3n) is 3.28. The Morgan fingerprint density at radius 1 is 1.20 bits per heavy atom. The average Bonchev–Trinajstić information content (AvgIpc) is 2.97. The highest BCUT2D eigenvalue weighted by Crippen LogP contribution is 2.24. The zero-order valence-electron chi connectivity index (χ0n) is 12.3. The molecule has 20 heavy (non-hydrogen) atoms. The van der Waals surface area contributed by atoms with Crippen LogP contribution in [0.4, 0.5) is 0 Å². The van der Waals surface area contributed by atoms with Gasteiger partial charge < -0.3 is 10.1 Å². The van der Waals surface area contributed by atoms with Crippen LogP contribution in [0.15, 0.2) is 41.8 Å². The second-order valence-electron chi connectivity index (χ2n) is 4.73. The summed E-state index contributed by atoms with van der Waals surface area (Å²) < 4.78 is 5.60. The monoisotopic (exact) mass is 289 g/mol. The first-order chi connectivity index (χ1) is 9.83. The lowest BCUT2D eigenvalue weighted by Gasteiger charge is -2.19. The number of hydrogen-bond donors (Lipinski definition) is 1. The number of rotatable bonds is 8. The van der Waals surface area contributed by atoms with E-state index in [4.69, 9.17) is 4.74 Å². The summed E-state index contributed by atoms with van der Waals surface area (Å²) in [6, 6.07) is 13.2. The number of benzene rings is 1. The van der Waals surface area contributed by atoms with Crippen LogP contribution in [0, 0.1) is 0 Å². The van der Waals surface area contributed by atoms with E-state index in [9.17, 15) is 0 Å². The minimum Gasteiger partial charge on any atom is -0.494 e. The van der Waals surface area contributed by atoms with Crippen LogP contribution in [0.2, 0.25) is 0 Å². The van der Waals surface area contributed by atoms with E-state index in [1.54, 1.807) is 0 Å². The van der Waals surface area contributed by atoms with E-state index in [1.807, 2.05) is 24.3 Å². The molecule has 1 heterocycles. The summed E-state index contributed by atoms with van der Waals surface area (Å²) in [6.45, 7) is 5.87. The van der Waals surface area contributed by atoms with Crippen molar-refractivity contribution in [1.29, 1.82) is 0 Å². The summed E-state index contributed by atoms with van der Waals surface area (Å²) in [5, 5.41) is 5.73. The number of aryl methyl sites for hydroxylation is 1. The van der Waals surface area contributed by atoms with Crippen LogP contribution in [0.25, 0.3) is 0 Å². The highest BCUT2D eigenvalue weighted by Gasteiger charge is 2.11. The molecule has 0 bridgehead atoms. The maximum Gasteiger partial charge on any atom is 0.119 e. The van der Waals surface area contributed by atoms with Gasteiger partial charge >= 0.3 is 0 Å². The van der Waals surface area contributed by atoms with E-state index in [1.165, 1.54) is 10.4 Å². The molecule has 2 nitrogen and oxygen atoms in total. The second-order valence-corrected chi connectivity index (χ2v) is 5.77. The number of nitrogens with one attached hydrogen (secondary N) is 1. The van der Waals surface area contributed by atoms with E-state index in [0.29, 0.717) is 12.6 Å². The Morgan fingerprint density at radius 2 is 2.10 bits per heavy atom. The summed E-state index contributed by atoms with van der Waals surface area (Å²) in [6.07, 6.45) is 2.23. The van der Waals surface area contributed by atoms with Crippen LogP contribution in [0.5, 0.6) is 5.75 Å². The molecule has 1 N–H and O–H groups in total. The van der Waals surface area contributed by atoms with Crippen molar-refractivity contribution in [1.82, 2.24) is 5.32 Å². The van der Waals surface area contributed by atoms with Gasteiger partial charge in [-0.3, -0.25) is 0 Å². The van der Waals surface area contributed by atoms with Gasteiger partial charge in [0.2, 0.25) is 0 Å². The molecular weight excluding hydrogens is 266 g/mol. The van der Waals surface area contributed by atoms with Gasteiger partial charge in [0.25, 0.3) is 0 Å². The summed E-state index contributed by atoms with van der Waals surface area (Å²) in [7, 11) is 0. The van der Waals surface area contributed by atoms with Gasteiger partial charge in [0, 0.05) is 10.9 Å². The summed E-state index contributed by atoms with van der Waals surface area (Å²) in [4.78, 5) is 1.45. The van der Waals surface area contributed by atoms with Crippen LogP contribution < -0.4 is 10.1 Å². The summed E-state index contributed by atoms with van der Waals surface area (Å²) in [5.41, 5.74) is 1.31. The number of hydrogen-bond acceptors (Lipinski definition) is 3. The first-order valence-electron chi connectivity index (χ1n) is 7.32. The van der Waals surface area contributed by atoms with Crippen molar-refractivity contribution >= 4 is 11.3 Å². The fourth-order valence-corrected chi connectivity index (χ4v) is 3.09. The molecular formula is C17H23NOS. The van der Waals surface area contributed by atoms with Crippen LogP contribution in [-0.4, -0.2) is 13.2 Å². The van der Waals surface area contributed by atoms with Crippen molar-refractivity contribution in [3.63, 3.8) is 0 Å². The van der Waals surface area contributed by atoms with Crippen molar-refractivity contribution in [2.24, 2.45) is 0 Å². The van der Waals surface area contributed by atoms with E-state index in [2.05, 4.69) is 48.0 Å². The molecule has 108 valence electrons. The van der Waals surface area contributed by atoms with Crippen LogP contribution in [0.3, 0.4) is 0 Å². The lowest BCUT2D eigenvalue weighted by Crippen LogP contribution is -2.21. The van der Waals surface area contributed by atoms with Crippen LogP contribution in [0.1, 0.15) is 36.8 Å². The molecule has 1 aromatic carbocycles. The highest BCUT2D eigenvalue weighted by molar-refractivity contribution is 7.09. The van der Waals surface area contributed by atoms with E-state index in [-0.39, 0.29) is 0 Å². The molecule has 0 aliphatic rings. The first-order valence-corrected chi connectivity index (χ1v) is 8.20. The molecule has 0 radical (unpaired) electrons. The van der Waals surface area contributed by atoms with Crippen LogP contribution >= 0.6 is 11.3 Å². The van der Waals surface area contributed by atoms with Crippen molar-refractivity contribution in [2.75, 3.05) is 13.2 Å². The Morgan fingerprint density at radius 3 is 2.80 bits per heavy atom. The molecule has 0 saturated carbocycles. The van der Waals surface area contributed by atoms with Gasteiger partial charge in [0.1, 0.15) is 5.75 Å². The Bertz CT molecular complexity index is 495. The number of thiophene rings is 1. The van der Waals surface area contributed by atoms with Crippen molar-refractivity contribution in [3.8, 4) is 5.75 Å². The Kier molecular flexibility index (Phi) is 6.09.